The lowest BCUT2D eigenvalue weighted by Crippen LogP contribution is -2.39. The minimum atomic E-state index is -0.0556. The third-order valence-electron chi connectivity index (χ3n) is 2.79. The van der Waals surface area contributed by atoms with Gasteiger partial charge in [0.25, 0.3) is 0 Å². The third kappa shape index (κ3) is 2.81. The van der Waals surface area contributed by atoms with Gasteiger partial charge in [-0.15, -0.1) is 0 Å². The average Bonchev–Trinajstić information content (AvgIpc) is 2.77. The van der Waals surface area contributed by atoms with Crippen LogP contribution in [0.2, 0.25) is 0 Å². The summed E-state index contributed by atoms with van der Waals surface area (Å²) in [6.07, 6.45) is 5.83. The highest BCUT2D eigenvalue weighted by atomic mass is 16.5. The van der Waals surface area contributed by atoms with E-state index >= 15 is 0 Å². The number of hydrogen-bond acceptors (Lipinski definition) is 4. The predicted octanol–water partition coefficient (Wildman–Crippen LogP) is 1.22. The average molecular weight is 226 g/mol. The van der Waals surface area contributed by atoms with E-state index in [-0.39, 0.29) is 12.1 Å². The number of hydrazine groups is 1. The minimum absolute atomic E-state index is 0.0556. The van der Waals surface area contributed by atoms with Gasteiger partial charge < -0.3 is 9.30 Å². The Morgan fingerprint density at radius 2 is 2.31 bits per heavy atom. The van der Waals surface area contributed by atoms with E-state index < -0.39 is 0 Å². The van der Waals surface area contributed by atoms with Crippen molar-refractivity contribution in [3.05, 3.63) is 18.2 Å². The van der Waals surface area contributed by atoms with Gasteiger partial charge in [0.15, 0.2) is 0 Å². The lowest BCUT2D eigenvalue weighted by molar-refractivity contribution is 0.0568. The van der Waals surface area contributed by atoms with Crippen LogP contribution in [0.4, 0.5) is 0 Å². The van der Waals surface area contributed by atoms with Crippen LogP contribution in [0.1, 0.15) is 38.6 Å². The molecule has 1 rings (SSSR count). The van der Waals surface area contributed by atoms with E-state index in [0.29, 0.717) is 0 Å². The first-order valence-electron chi connectivity index (χ1n) is 5.78. The molecule has 0 aliphatic rings. The fraction of sp³-hybridized carbons (Fsp3) is 0.727. The number of nitrogens with two attached hydrogens (primary N) is 1. The van der Waals surface area contributed by atoms with Crippen molar-refractivity contribution in [2.75, 3.05) is 7.11 Å². The summed E-state index contributed by atoms with van der Waals surface area (Å²) in [6.45, 7) is 5.10. The zero-order valence-corrected chi connectivity index (χ0v) is 10.3. The lowest BCUT2D eigenvalue weighted by Gasteiger charge is -2.25. The molecule has 0 aromatic carbocycles. The van der Waals surface area contributed by atoms with Gasteiger partial charge in [-0.25, -0.2) is 10.4 Å². The number of nitrogens with zero attached hydrogens (tertiary/aromatic N) is 2. The Bertz CT molecular complexity index is 300. The van der Waals surface area contributed by atoms with E-state index in [1.807, 2.05) is 6.20 Å². The van der Waals surface area contributed by atoms with Gasteiger partial charge in [0.1, 0.15) is 11.9 Å². The molecular weight excluding hydrogens is 204 g/mol. The summed E-state index contributed by atoms with van der Waals surface area (Å²) in [5, 5.41) is 0. The molecule has 0 radical (unpaired) electrons. The number of aryl methyl sites for hydroxylation is 1. The second-order valence-electron chi connectivity index (χ2n) is 3.78. The minimum Gasteiger partial charge on any atom is -0.379 e. The maximum Gasteiger partial charge on any atom is 0.129 e. The zero-order valence-electron chi connectivity index (χ0n) is 10.3. The van der Waals surface area contributed by atoms with Crippen LogP contribution in [-0.2, 0) is 11.3 Å². The van der Waals surface area contributed by atoms with Gasteiger partial charge in [0, 0.05) is 26.0 Å². The lowest BCUT2D eigenvalue weighted by atomic mass is 10.1. The van der Waals surface area contributed by atoms with Crippen LogP contribution in [0.5, 0.6) is 0 Å². The summed E-state index contributed by atoms with van der Waals surface area (Å²) >= 11 is 0. The van der Waals surface area contributed by atoms with E-state index in [0.717, 1.165) is 25.2 Å². The van der Waals surface area contributed by atoms with E-state index in [1.165, 1.54) is 0 Å². The first-order valence-corrected chi connectivity index (χ1v) is 5.78. The monoisotopic (exact) mass is 226 g/mol. The third-order valence-corrected chi connectivity index (χ3v) is 2.79. The summed E-state index contributed by atoms with van der Waals surface area (Å²) in [5.74, 6) is 6.55. The largest absolute Gasteiger partial charge is 0.379 e. The van der Waals surface area contributed by atoms with Gasteiger partial charge >= 0.3 is 0 Å². The molecule has 0 aliphatic heterocycles. The Labute approximate surface area is 97.0 Å². The van der Waals surface area contributed by atoms with Crippen molar-refractivity contribution in [3.8, 4) is 0 Å². The molecule has 16 heavy (non-hydrogen) atoms. The van der Waals surface area contributed by atoms with E-state index in [4.69, 9.17) is 10.6 Å². The van der Waals surface area contributed by atoms with Crippen molar-refractivity contribution in [1.82, 2.24) is 15.0 Å². The van der Waals surface area contributed by atoms with Gasteiger partial charge in [-0.1, -0.05) is 13.3 Å². The topological polar surface area (TPSA) is 65.1 Å². The molecule has 2 atom stereocenters. The Kier molecular flexibility index (Phi) is 5.45. The summed E-state index contributed by atoms with van der Waals surface area (Å²) in [7, 11) is 1.71. The molecule has 1 aromatic heterocycles. The number of aromatic nitrogens is 2. The van der Waals surface area contributed by atoms with Crippen molar-refractivity contribution in [3.63, 3.8) is 0 Å². The molecule has 0 amide bonds. The van der Waals surface area contributed by atoms with Gasteiger partial charge in [0.05, 0.1) is 6.10 Å². The molecule has 0 saturated heterocycles. The van der Waals surface area contributed by atoms with Crippen LogP contribution in [0.25, 0.3) is 0 Å². The number of rotatable bonds is 7. The highest BCUT2D eigenvalue weighted by Crippen LogP contribution is 2.20. The Balaban J connectivity index is 2.87. The first kappa shape index (κ1) is 13.2. The van der Waals surface area contributed by atoms with Crippen LogP contribution in [-0.4, -0.2) is 22.8 Å². The SMILES string of the molecule is CCCC(OC)C(NN)c1nccn1CC. The molecule has 0 spiro atoms. The highest BCUT2D eigenvalue weighted by molar-refractivity contribution is 5.01. The molecule has 92 valence electrons. The quantitative estimate of drug-likeness (QED) is 0.542. The Morgan fingerprint density at radius 3 is 2.81 bits per heavy atom. The van der Waals surface area contributed by atoms with Crippen molar-refractivity contribution >= 4 is 0 Å². The number of imidazole rings is 1. The summed E-state index contributed by atoms with van der Waals surface area (Å²) in [5.41, 5.74) is 2.81. The molecule has 1 aromatic rings. The van der Waals surface area contributed by atoms with Crippen LogP contribution in [0.3, 0.4) is 0 Å². The van der Waals surface area contributed by atoms with Crippen LogP contribution >= 0.6 is 0 Å². The van der Waals surface area contributed by atoms with Gasteiger partial charge in [0.2, 0.25) is 0 Å². The first-order chi connectivity index (χ1) is 7.78. The van der Waals surface area contributed by atoms with E-state index in [9.17, 15) is 0 Å². The number of nitrogens with one attached hydrogen (secondary N) is 1. The summed E-state index contributed by atoms with van der Waals surface area (Å²) < 4.78 is 7.55. The second kappa shape index (κ2) is 6.62. The van der Waals surface area contributed by atoms with Crippen LogP contribution in [0.15, 0.2) is 12.4 Å². The fourth-order valence-corrected chi connectivity index (χ4v) is 1.92. The number of methoxy groups -OCH3 is 1. The number of hydrogen-bond donors (Lipinski definition) is 2. The zero-order chi connectivity index (χ0) is 12.0. The van der Waals surface area contributed by atoms with Crippen molar-refractivity contribution < 1.29 is 4.74 Å². The van der Waals surface area contributed by atoms with Crippen LogP contribution < -0.4 is 11.3 Å². The molecule has 0 bridgehead atoms. The molecule has 1 heterocycles. The summed E-state index contributed by atoms with van der Waals surface area (Å²) in [6, 6.07) is -0.0556. The molecule has 0 aliphatic carbocycles. The van der Waals surface area contributed by atoms with Gasteiger partial charge in [-0.05, 0) is 13.3 Å². The van der Waals surface area contributed by atoms with E-state index in [2.05, 4.69) is 28.8 Å². The summed E-state index contributed by atoms with van der Waals surface area (Å²) in [4.78, 5) is 4.35. The Morgan fingerprint density at radius 1 is 1.56 bits per heavy atom. The van der Waals surface area contributed by atoms with E-state index in [1.54, 1.807) is 13.3 Å². The molecule has 3 N–H and O–H groups in total. The standard InChI is InChI=1S/C11H22N4O/c1-4-6-9(16-3)10(14-12)11-13-7-8-15(11)5-2/h7-10,14H,4-6,12H2,1-3H3. The maximum atomic E-state index is 5.61. The normalized spacial score (nSPS) is 15.0. The van der Waals surface area contributed by atoms with Crippen molar-refractivity contribution in [1.29, 1.82) is 0 Å². The highest BCUT2D eigenvalue weighted by Gasteiger charge is 2.24. The van der Waals surface area contributed by atoms with Crippen molar-refractivity contribution in [2.24, 2.45) is 5.84 Å². The fourth-order valence-electron chi connectivity index (χ4n) is 1.92. The smallest absolute Gasteiger partial charge is 0.129 e. The maximum absolute atomic E-state index is 5.61. The van der Waals surface area contributed by atoms with Crippen molar-refractivity contribution in [2.45, 2.75) is 45.4 Å². The van der Waals surface area contributed by atoms with Gasteiger partial charge in [-0.3, -0.25) is 5.84 Å². The number of ether oxygens (including phenoxy) is 1. The second-order valence-corrected chi connectivity index (χ2v) is 3.78. The molecule has 0 fully saturated rings. The predicted molar refractivity (Wildman–Crippen MR) is 63.7 cm³/mol. The Hall–Kier alpha value is -0.910. The van der Waals surface area contributed by atoms with Crippen LogP contribution in [0, 0.1) is 0 Å². The molecule has 0 saturated carbocycles. The molecule has 2 unspecified atom stereocenters. The molecular formula is C11H22N4O. The molecule has 5 nitrogen and oxygen atoms in total. The molecule has 5 heteroatoms. The van der Waals surface area contributed by atoms with Gasteiger partial charge in [-0.2, -0.15) is 0 Å².